The summed E-state index contributed by atoms with van der Waals surface area (Å²) in [5, 5.41) is 10.3. The van der Waals surface area contributed by atoms with Crippen molar-refractivity contribution in [3.63, 3.8) is 0 Å². The number of rotatable bonds is 5. The lowest BCUT2D eigenvalue weighted by atomic mass is 9.79. The van der Waals surface area contributed by atoms with Gasteiger partial charge in [-0.1, -0.05) is 172 Å². The molecule has 0 heterocycles. The van der Waals surface area contributed by atoms with E-state index in [0.717, 1.165) is 17.1 Å². The molecule has 0 saturated heterocycles. The fourth-order valence-electron chi connectivity index (χ4n) is 9.59. The minimum absolute atomic E-state index is 0.101. The molecule has 56 heavy (non-hydrogen) atoms. The highest BCUT2D eigenvalue weighted by molar-refractivity contribution is 6.25. The summed E-state index contributed by atoms with van der Waals surface area (Å²) in [5.41, 5.74) is 13.7. The summed E-state index contributed by atoms with van der Waals surface area (Å²) < 4.78 is 0. The van der Waals surface area contributed by atoms with Crippen molar-refractivity contribution in [3.05, 3.63) is 211 Å². The van der Waals surface area contributed by atoms with E-state index >= 15 is 0 Å². The van der Waals surface area contributed by atoms with Gasteiger partial charge in [-0.05, 0) is 130 Å². The van der Waals surface area contributed by atoms with Crippen LogP contribution in [0.4, 0.5) is 17.1 Å². The molecule has 10 aromatic rings. The van der Waals surface area contributed by atoms with Gasteiger partial charge in [0.1, 0.15) is 0 Å². The Morgan fingerprint density at radius 3 is 1.48 bits per heavy atom. The second-order valence-electron chi connectivity index (χ2n) is 15.7. The molecule has 0 aliphatic heterocycles. The molecule has 1 aliphatic rings. The third-order valence-corrected chi connectivity index (χ3v) is 12.2. The lowest BCUT2D eigenvalue weighted by molar-refractivity contribution is 0.666. The van der Waals surface area contributed by atoms with E-state index in [1.165, 1.54) is 87.6 Å². The molecule has 0 unspecified atom stereocenters. The summed E-state index contributed by atoms with van der Waals surface area (Å²) in [4.78, 5) is 2.41. The van der Waals surface area contributed by atoms with Crippen LogP contribution in [0.3, 0.4) is 0 Å². The van der Waals surface area contributed by atoms with Crippen molar-refractivity contribution in [2.75, 3.05) is 4.90 Å². The Kier molecular flexibility index (Phi) is 7.28. The van der Waals surface area contributed by atoms with E-state index in [2.05, 4.69) is 219 Å². The van der Waals surface area contributed by atoms with Gasteiger partial charge >= 0.3 is 0 Å². The summed E-state index contributed by atoms with van der Waals surface area (Å²) >= 11 is 0. The van der Waals surface area contributed by atoms with E-state index in [1.54, 1.807) is 0 Å². The molecule has 0 bridgehead atoms. The summed E-state index contributed by atoms with van der Waals surface area (Å²) in [7, 11) is 0. The van der Waals surface area contributed by atoms with E-state index in [-0.39, 0.29) is 5.41 Å². The van der Waals surface area contributed by atoms with Crippen LogP contribution >= 0.6 is 0 Å². The number of nitrogens with zero attached hydrogens (tertiary/aromatic N) is 1. The summed E-state index contributed by atoms with van der Waals surface area (Å²) in [5.74, 6) is 0. The standard InChI is InChI=1S/C55H39N/c1-55(2)52-23-13-12-22-49(52)53-50(34-39-16-6-7-17-43(39)54(53)55)38-26-30-41(31-27-38)56(40-28-24-37(25-29-40)36-14-4-3-5-15-36)42-32-33-48-46-20-9-8-18-44(46)45-19-10-11-21-47(45)51(48)35-42/h3-35H,1-2H3. The molecular weight excluding hydrogens is 675 g/mol. The zero-order valence-corrected chi connectivity index (χ0v) is 31.5. The number of hydrogen-bond donors (Lipinski definition) is 0. The van der Waals surface area contributed by atoms with Gasteiger partial charge in [-0.15, -0.1) is 0 Å². The van der Waals surface area contributed by atoms with Crippen molar-refractivity contribution in [3.8, 4) is 33.4 Å². The van der Waals surface area contributed by atoms with Gasteiger partial charge < -0.3 is 4.90 Å². The molecule has 10 aromatic carbocycles. The van der Waals surface area contributed by atoms with Crippen molar-refractivity contribution < 1.29 is 0 Å². The molecule has 0 fully saturated rings. The first kappa shape index (κ1) is 32.5. The maximum absolute atomic E-state index is 2.41. The minimum atomic E-state index is -0.101. The number of fused-ring (bicyclic) bond motifs is 11. The molecule has 0 spiro atoms. The van der Waals surface area contributed by atoms with Gasteiger partial charge in [-0.3, -0.25) is 0 Å². The summed E-state index contributed by atoms with van der Waals surface area (Å²) in [6.45, 7) is 4.76. The van der Waals surface area contributed by atoms with Crippen LogP contribution in [0.2, 0.25) is 0 Å². The Hall–Kier alpha value is -6.96. The van der Waals surface area contributed by atoms with E-state index in [1.807, 2.05) is 0 Å². The molecule has 0 atom stereocenters. The van der Waals surface area contributed by atoms with Crippen molar-refractivity contribution in [1.82, 2.24) is 0 Å². The molecule has 0 amide bonds. The van der Waals surface area contributed by atoms with E-state index in [0.29, 0.717) is 0 Å². The summed E-state index contributed by atoms with van der Waals surface area (Å²) in [6, 6.07) is 73.8. The number of hydrogen-bond acceptors (Lipinski definition) is 1. The molecule has 264 valence electrons. The van der Waals surface area contributed by atoms with Gasteiger partial charge in [-0.25, -0.2) is 0 Å². The summed E-state index contributed by atoms with van der Waals surface area (Å²) in [6.07, 6.45) is 0. The fraction of sp³-hybridized carbons (Fsp3) is 0.0545. The quantitative estimate of drug-likeness (QED) is 0.161. The third kappa shape index (κ3) is 4.94. The molecule has 0 saturated carbocycles. The van der Waals surface area contributed by atoms with Crippen molar-refractivity contribution in [2.45, 2.75) is 19.3 Å². The SMILES string of the molecule is CC1(C)c2ccccc2-c2c(-c3ccc(N(c4ccc(-c5ccccc5)cc4)c4ccc5c6ccccc6c6ccccc6c5c4)cc3)cc3ccccc3c21. The molecule has 1 heteroatoms. The van der Waals surface area contributed by atoms with Crippen LogP contribution in [0, 0.1) is 0 Å². The highest BCUT2D eigenvalue weighted by atomic mass is 15.1. The van der Waals surface area contributed by atoms with Gasteiger partial charge in [0.05, 0.1) is 0 Å². The average Bonchev–Trinajstić information content (AvgIpc) is 3.51. The molecular formula is C55H39N. The Bertz CT molecular complexity index is 3100. The van der Waals surface area contributed by atoms with Crippen LogP contribution in [0.1, 0.15) is 25.0 Å². The van der Waals surface area contributed by atoms with Gasteiger partial charge in [-0.2, -0.15) is 0 Å². The number of benzene rings is 10. The molecule has 0 radical (unpaired) electrons. The van der Waals surface area contributed by atoms with Gasteiger partial charge in [0.25, 0.3) is 0 Å². The van der Waals surface area contributed by atoms with Crippen LogP contribution in [-0.4, -0.2) is 0 Å². The molecule has 1 nitrogen and oxygen atoms in total. The van der Waals surface area contributed by atoms with E-state index in [4.69, 9.17) is 0 Å². The van der Waals surface area contributed by atoms with Gasteiger partial charge in [0.15, 0.2) is 0 Å². The normalized spacial score (nSPS) is 13.0. The second-order valence-corrected chi connectivity index (χ2v) is 15.7. The lowest BCUT2D eigenvalue weighted by Crippen LogP contribution is -2.15. The van der Waals surface area contributed by atoms with E-state index in [9.17, 15) is 0 Å². The maximum atomic E-state index is 2.41. The lowest BCUT2D eigenvalue weighted by Gasteiger charge is -2.27. The largest absolute Gasteiger partial charge is 0.310 e. The first-order valence-corrected chi connectivity index (χ1v) is 19.6. The van der Waals surface area contributed by atoms with Crippen LogP contribution in [0.5, 0.6) is 0 Å². The first-order valence-electron chi connectivity index (χ1n) is 19.6. The second kappa shape index (κ2) is 12.5. The van der Waals surface area contributed by atoms with Crippen LogP contribution in [-0.2, 0) is 5.41 Å². The zero-order valence-electron chi connectivity index (χ0n) is 31.5. The van der Waals surface area contributed by atoms with Crippen LogP contribution in [0.25, 0.3) is 76.5 Å². The van der Waals surface area contributed by atoms with Gasteiger partial charge in [0, 0.05) is 22.5 Å². The molecule has 11 rings (SSSR count). The van der Waals surface area contributed by atoms with E-state index < -0.39 is 0 Å². The molecule has 0 N–H and O–H groups in total. The predicted octanol–water partition coefficient (Wildman–Crippen LogP) is 15.4. The molecule has 1 aliphatic carbocycles. The van der Waals surface area contributed by atoms with Crippen LogP contribution in [0.15, 0.2) is 200 Å². The predicted molar refractivity (Wildman–Crippen MR) is 240 cm³/mol. The molecule has 0 aromatic heterocycles. The highest BCUT2D eigenvalue weighted by Gasteiger charge is 2.38. The van der Waals surface area contributed by atoms with Crippen molar-refractivity contribution in [1.29, 1.82) is 0 Å². The van der Waals surface area contributed by atoms with Crippen LogP contribution < -0.4 is 4.90 Å². The zero-order chi connectivity index (χ0) is 37.4. The van der Waals surface area contributed by atoms with Gasteiger partial charge in [0.2, 0.25) is 0 Å². The topological polar surface area (TPSA) is 3.24 Å². The van der Waals surface area contributed by atoms with Crippen molar-refractivity contribution >= 4 is 60.2 Å². The average molecular weight is 714 g/mol. The Balaban J connectivity index is 1.10. The third-order valence-electron chi connectivity index (χ3n) is 12.2. The maximum Gasteiger partial charge on any atom is 0.0468 e. The Morgan fingerprint density at radius 1 is 0.339 bits per heavy atom. The highest BCUT2D eigenvalue weighted by Crippen LogP contribution is 2.55. The Labute approximate surface area is 327 Å². The van der Waals surface area contributed by atoms with Crippen molar-refractivity contribution in [2.24, 2.45) is 0 Å². The number of anilines is 3. The monoisotopic (exact) mass is 713 g/mol. The smallest absolute Gasteiger partial charge is 0.0468 e. The minimum Gasteiger partial charge on any atom is -0.310 e. The Morgan fingerprint density at radius 2 is 0.821 bits per heavy atom. The first-order chi connectivity index (χ1) is 27.5. The fourth-order valence-corrected chi connectivity index (χ4v) is 9.59.